The molecule has 0 aromatic heterocycles. The van der Waals surface area contributed by atoms with Crippen LogP contribution in [0.25, 0.3) is 0 Å². The molecule has 0 aliphatic carbocycles. The topological polar surface area (TPSA) is 23.8 Å². The second-order valence-electron chi connectivity index (χ2n) is 2.19. The summed E-state index contributed by atoms with van der Waals surface area (Å²) in [7, 11) is 0. The molecule has 0 saturated carbocycles. The number of nitrogens with zero attached hydrogens (tertiary/aromatic N) is 1. The van der Waals surface area contributed by atoms with E-state index in [0.29, 0.717) is 0 Å². The molecule has 12 heavy (non-hydrogen) atoms. The fourth-order valence-electron chi connectivity index (χ4n) is 0.847. The van der Waals surface area contributed by atoms with Crippen LogP contribution in [0, 0.1) is 17.1 Å². The summed E-state index contributed by atoms with van der Waals surface area (Å²) in [6.07, 6.45) is 0. The minimum Gasteiger partial charge on any atom is -0.206 e. The molecule has 1 nitrogen and oxygen atoms in total. The van der Waals surface area contributed by atoms with E-state index in [2.05, 4.69) is 0 Å². The van der Waals surface area contributed by atoms with Gasteiger partial charge in [0.05, 0.1) is 5.56 Å². The summed E-state index contributed by atoms with van der Waals surface area (Å²) in [5.41, 5.74) is 0.119. The Morgan fingerprint density at radius 2 is 2.33 bits per heavy atom. The molecular formula is C9H8FNS. The Hall–Kier alpha value is -1.01. The highest BCUT2D eigenvalue weighted by Gasteiger charge is 2.01. The molecule has 0 aliphatic rings. The van der Waals surface area contributed by atoms with Gasteiger partial charge in [-0.25, -0.2) is 4.39 Å². The number of thioether (sulfide) groups is 1. The lowest BCUT2D eigenvalue weighted by molar-refractivity contribution is 0.622. The second-order valence-corrected chi connectivity index (χ2v) is 3.52. The standard InChI is InChI=1S/C9H8FNS/c1-2-12-8-3-4-9(10)7(5-8)6-11/h3-5H,2H2,1H3. The smallest absolute Gasteiger partial charge is 0.141 e. The predicted molar refractivity (Wildman–Crippen MR) is 47.5 cm³/mol. The monoisotopic (exact) mass is 181 g/mol. The largest absolute Gasteiger partial charge is 0.206 e. The van der Waals surface area contributed by atoms with Gasteiger partial charge in [-0.15, -0.1) is 11.8 Å². The maximum Gasteiger partial charge on any atom is 0.141 e. The number of hydrogen-bond donors (Lipinski definition) is 0. The van der Waals surface area contributed by atoms with E-state index in [4.69, 9.17) is 5.26 Å². The second kappa shape index (κ2) is 4.13. The van der Waals surface area contributed by atoms with E-state index >= 15 is 0 Å². The molecule has 3 heteroatoms. The van der Waals surface area contributed by atoms with E-state index in [1.54, 1.807) is 30.0 Å². The molecule has 0 fully saturated rings. The Morgan fingerprint density at radius 3 is 2.92 bits per heavy atom. The Balaban J connectivity index is 2.99. The summed E-state index contributed by atoms with van der Waals surface area (Å²) >= 11 is 1.60. The van der Waals surface area contributed by atoms with Crippen LogP contribution in [0.3, 0.4) is 0 Å². The third-order valence-electron chi connectivity index (χ3n) is 1.37. The summed E-state index contributed by atoms with van der Waals surface area (Å²) < 4.78 is 12.8. The molecular weight excluding hydrogens is 173 g/mol. The first-order chi connectivity index (χ1) is 5.77. The summed E-state index contributed by atoms with van der Waals surface area (Å²) in [5.74, 6) is 0.481. The van der Waals surface area contributed by atoms with Gasteiger partial charge in [0, 0.05) is 4.90 Å². The zero-order valence-corrected chi connectivity index (χ0v) is 7.49. The molecule has 0 unspecified atom stereocenters. The van der Waals surface area contributed by atoms with Crippen molar-refractivity contribution in [2.24, 2.45) is 0 Å². The first-order valence-electron chi connectivity index (χ1n) is 3.60. The van der Waals surface area contributed by atoms with Crippen molar-refractivity contribution in [3.8, 4) is 6.07 Å². The van der Waals surface area contributed by atoms with Crippen LogP contribution < -0.4 is 0 Å². The van der Waals surface area contributed by atoms with Crippen molar-refractivity contribution >= 4 is 11.8 Å². The van der Waals surface area contributed by atoms with Crippen LogP contribution in [-0.2, 0) is 0 Å². The molecule has 0 heterocycles. The highest BCUT2D eigenvalue weighted by Crippen LogP contribution is 2.19. The third-order valence-corrected chi connectivity index (χ3v) is 2.25. The predicted octanol–water partition coefficient (Wildman–Crippen LogP) is 2.81. The molecule has 0 aliphatic heterocycles. The molecule has 0 saturated heterocycles. The van der Waals surface area contributed by atoms with Gasteiger partial charge >= 0.3 is 0 Å². The fraction of sp³-hybridized carbons (Fsp3) is 0.222. The molecule has 1 aromatic carbocycles. The summed E-state index contributed by atoms with van der Waals surface area (Å²) in [6, 6.07) is 6.39. The van der Waals surface area contributed by atoms with E-state index < -0.39 is 5.82 Å². The number of hydrogen-bond acceptors (Lipinski definition) is 2. The maximum absolute atomic E-state index is 12.8. The van der Waals surface area contributed by atoms with Gasteiger partial charge in [-0.3, -0.25) is 0 Å². The van der Waals surface area contributed by atoms with Gasteiger partial charge in [0.2, 0.25) is 0 Å². The van der Waals surface area contributed by atoms with Gasteiger partial charge in [-0.2, -0.15) is 5.26 Å². The van der Waals surface area contributed by atoms with E-state index in [0.717, 1.165) is 10.6 Å². The molecule has 0 atom stereocenters. The van der Waals surface area contributed by atoms with Crippen molar-refractivity contribution < 1.29 is 4.39 Å². The van der Waals surface area contributed by atoms with Crippen LogP contribution in [0.15, 0.2) is 23.1 Å². The first kappa shape index (κ1) is 9.08. The third kappa shape index (κ3) is 1.99. The average Bonchev–Trinajstić information content (AvgIpc) is 2.09. The highest BCUT2D eigenvalue weighted by molar-refractivity contribution is 7.99. The lowest BCUT2D eigenvalue weighted by atomic mass is 10.2. The van der Waals surface area contributed by atoms with E-state index in [-0.39, 0.29) is 5.56 Å². The molecule has 0 bridgehead atoms. The number of halogens is 1. The Bertz CT molecular complexity index is 317. The van der Waals surface area contributed by atoms with Gasteiger partial charge in [0.25, 0.3) is 0 Å². The Morgan fingerprint density at radius 1 is 1.58 bits per heavy atom. The lowest BCUT2D eigenvalue weighted by Gasteiger charge is -1.98. The van der Waals surface area contributed by atoms with Crippen molar-refractivity contribution in [2.75, 3.05) is 5.75 Å². The van der Waals surface area contributed by atoms with Crippen molar-refractivity contribution in [3.05, 3.63) is 29.6 Å². The van der Waals surface area contributed by atoms with Crippen molar-refractivity contribution in [1.82, 2.24) is 0 Å². The summed E-state index contributed by atoms with van der Waals surface area (Å²) in [4.78, 5) is 0.940. The minimum absolute atomic E-state index is 0.119. The van der Waals surface area contributed by atoms with Crippen LogP contribution in [0.2, 0.25) is 0 Å². The molecule has 1 aromatic rings. The quantitative estimate of drug-likeness (QED) is 0.655. The molecule has 0 N–H and O–H groups in total. The maximum atomic E-state index is 12.8. The highest BCUT2D eigenvalue weighted by atomic mass is 32.2. The molecule has 1 rings (SSSR count). The molecule has 0 amide bonds. The van der Waals surface area contributed by atoms with Gasteiger partial charge in [-0.05, 0) is 24.0 Å². The van der Waals surface area contributed by atoms with E-state index in [1.807, 2.05) is 6.92 Å². The van der Waals surface area contributed by atoms with E-state index in [9.17, 15) is 4.39 Å². The minimum atomic E-state index is -0.446. The van der Waals surface area contributed by atoms with Crippen LogP contribution in [0.5, 0.6) is 0 Å². The Kier molecular flexibility index (Phi) is 3.12. The number of nitriles is 1. The SMILES string of the molecule is CCSc1ccc(F)c(C#N)c1. The van der Waals surface area contributed by atoms with Crippen LogP contribution in [0.4, 0.5) is 4.39 Å². The number of rotatable bonds is 2. The van der Waals surface area contributed by atoms with E-state index in [1.165, 1.54) is 6.07 Å². The Labute approximate surface area is 75.2 Å². The summed E-state index contributed by atoms with van der Waals surface area (Å²) in [5, 5.41) is 8.51. The zero-order chi connectivity index (χ0) is 8.97. The summed E-state index contributed by atoms with van der Waals surface area (Å²) in [6.45, 7) is 2.01. The first-order valence-corrected chi connectivity index (χ1v) is 4.59. The molecule has 0 radical (unpaired) electrons. The number of benzene rings is 1. The molecule has 62 valence electrons. The fourth-order valence-corrected chi connectivity index (χ4v) is 1.55. The van der Waals surface area contributed by atoms with Gasteiger partial charge < -0.3 is 0 Å². The van der Waals surface area contributed by atoms with Crippen molar-refractivity contribution in [1.29, 1.82) is 5.26 Å². The normalized spacial score (nSPS) is 9.42. The lowest BCUT2D eigenvalue weighted by Crippen LogP contribution is -1.83. The van der Waals surface area contributed by atoms with Crippen LogP contribution >= 0.6 is 11.8 Å². The van der Waals surface area contributed by atoms with Gasteiger partial charge in [-0.1, -0.05) is 6.92 Å². The molecule has 0 spiro atoms. The van der Waals surface area contributed by atoms with Crippen molar-refractivity contribution in [3.63, 3.8) is 0 Å². The average molecular weight is 181 g/mol. The van der Waals surface area contributed by atoms with Crippen LogP contribution in [-0.4, -0.2) is 5.75 Å². The van der Waals surface area contributed by atoms with Crippen molar-refractivity contribution in [2.45, 2.75) is 11.8 Å². The van der Waals surface area contributed by atoms with Gasteiger partial charge in [0.1, 0.15) is 11.9 Å². The zero-order valence-electron chi connectivity index (χ0n) is 6.67. The van der Waals surface area contributed by atoms with Gasteiger partial charge in [0.15, 0.2) is 0 Å². The van der Waals surface area contributed by atoms with Crippen LogP contribution in [0.1, 0.15) is 12.5 Å².